The predicted molar refractivity (Wildman–Crippen MR) is 79.7 cm³/mol. The molecule has 100 valence electrons. The summed E-state index contributed by atoms with van der Waals surface area (Å²) in [6.07, 6.45) is 0. The van der Waals surface area contributed by atoms with Gasteiger partial charge in [0.15, 0.2) is 0 Å². The molecule has 0 aliphatic carbocycles. The van der Waals surface area contributed by atoms with Crippen LogP contribution in [0.2, 0.25) is 0 Å². The van der Waals surface area contributed by atoms with Crippen molar-refractivity contribution in [3.8, 4) is 11.5 Å². The van der Waals surface area contributed by atoms with Crippen LogP contribution in [0.15, 0.2) is 28.1 Å². The fourth-order valence-corrected chi connectivity index (χ4v) is 3.15. The lowest BCUT2D eigenvalue weighted by Gasteiger charge is -2.07. The van der Waals surface area contributed by atoms with Gasteiger partial charge in [-0.25, -0.2) is 0 Å². The van der Waals surface area contributed by atoms with Gasteiger partial charge in [-0.05, 0) is 46.6 Å². The summed E-state index contributed by atoms with van der Waals surface area (Å²) in [6, 6.07) is 7.05. The molecule has 3 nitrogen and oxygen atoms in total. The SMILES string of the molecule is COc1cc(OC)cc(C(=O)c2cc(C)c(Br)s2)c1. The van der Waals surface area contributed by atoms with E-state index >= 15 is 0 Å². The summed E-state index contributed by atoms with van der Waals surface area (Å²) >= 11 is 4.86. The normalized spacial score (nSPS) is 10.3. The zero-order valence-corrected chi connectivity index (χ0v) is 13.2. The maximum absolute atomic E-state index is 12.4. The molecule has 2 aromatic rings. The highest BCUT2D eigenvalue weighted by Gasteiger charge is 2.15. The quantitative estimate of drug-likeness (QED) is 0.787. The Morgan fingerprint density at radius 1 is 1.11 bits per heavy atom. The van der Waals surface area contributed by atoms with Crippen LogP contribution in [0.3, 0.4) is 0 Å². The second-order valence-electron chi connectivity index (χ2n) is 4.00. The van der Waals surface area contributed by atoms with Crippen LogP contribution < -0.4 is 9.47 Å². The molecule has 0 aliphatic rings. The minimum Gasteiger partial charge on any atom is -0.497 e. The molecule has 1 heterocycles. The topological polar surface area (TPSA) is 35.5 Å². The Morgan fingerprint density at radius 2 is 1.68 bits per heavy atom. The highest BCUT2D eigenvalue weighted by Crippen LogP contribution is 2.31. The van der Waals surface area contributed by atoms with E-state index in [-0.39, 0.29) is 5.78 Å². The second-order valence-corrected chi connectivity index (χ2v) is 6.37. The number of aryl methyl sites for hydroxylation is 1. The molecule has 0 N–H and O–H groups in total. The number of thiophene rings is 1. The first-order valence-electron chi connectivity index (χ1n) is 5.59. The lowest BCUT2D eigenvalue weighted by molar-refractivity contribution is 0.104. The summed E-state index contributed by atoms with van der Waals surface area (Å²) in [7, 11) is 3.13. The molecule has 0 spiro atoms. The number of rotatable bonds is 4. The van der Waals surface area contributed by atoms with Gasteiger partial charge in [-0.3, -0.25) is 4.79 Å². The summed E-state index contributed by atoms with van der Waals surface area (Å²) in [5, 5.41) is 0. The number of hydrogen-bond acceptors (Lipinski definition) is 4. The van der Waals surface area contributed by atoms with Crippen molar-refractivity contribution in [2.75, 3.05) is 14.2 Å². The number of ether oxygens (including phenoxy) is 2. The first-order chi connectivity index (χ1) is 9.05. The highest BCUT2D eigenvalue weighted by molar-refractivity contribution is 9.11. The predicted octanol–water partition coefficient (Wildman–Crippen LogP) is 4.07. The van der Waals surface area contributed by atoms with E-state index in [4.69, 9.17) is 9.47 Å². The van der Waals surface area contributed by atoms with Crippen LogP contribution in [0.1, 0.15) is 20.8 Å². The maximum Gasteiger partial charge on any atom is 0.203 e. The number of benzene rings is 1. The van der Waals surface area contributed by atoms with Gasteiger partial charge in [0.25, 0.3) is 0 Å². The van der Waals surface area contributed by atoms with Crippen molar-refractivity contribution in [2.24, 2.45) is 0 Å². The Morgan fingerprint density at radius 3 is 2.11 bits per heavy atom. The molecule has 0 saturated heterocycles. The van der Waals surface area contributed by atoms with Crippen LogP contribution in [0.25, 0.3) is 0 Å². The van der Waals surface area contributed by atoms with Gasteiger partial charge in [0.2, 0.25) is 5.78 Å². The van der Waals surface area contributed by atoms with E-state index in [9.17, 15) is 4.79 Å². The molecule has 0 unspecified atom stereocenters. The molecule has 0 aliphatic heterocycles. The number of carbonyl (C=O) groups excluding carboxylic acids is 1. The van der Waals surface area contributed by atoms with Crippen LogP contribution in [0.4, 0.5) is 0 Å². The van der Waals surface area contributed by atoms with Crippen molar-refractivity contribution in [3.63, 3.8) is 0 Å². The summed E-state index contributed by atoms with van der Waals surface area (Å²) in [6.45, 7) is 1.96. The molecule has 1 aromatic heterocycles. The average Bonchev–Trinajstić information content (AvgIpc) is 2.77. The molecule has 19 heavy (non-hydrogen) atoms. The Bertz CT molecular complexity index is 577. The first-order valence-corrected chi connectivity index (χ1v) is 7.19. The molecule has 0 amide bonds. The van der Waals surface area contributed by atoms with Crippen molar-refractivity contribution in [3.05, 3.63) is 44.1 Å². The molecule has 0 atom stereocenters. The van der Waals surface area contributed by atoms with Gasteiger partial charge in [0.1, 0.15) is 11.5 Å². The van der Waals surface area contributed by atoms with E-state index < -0.39 is 0 Å². The number of ketones is 1. The van der Waals surface area contributed by atoms with E-state index in [1.807, 2.05) is 13.0 Å². The van der Waals surface area contributed by atoms with Gasteiger partial charge < -0.3 is 9.47 Å². The monoisotopic (exact) mass is 340 g/mol. The third-order valence-electron chi connectivity index (χ3n) is 2.69. The van der Waals surface area contributed by atoms with Crippen LogP contribution >= 0.6 is 27.3 Å². The standard InChI is InChI=1S/C14H13BrO3S/c1-8-4-12(19-14(8)15)13(16)9-5-10(17-2)7-11(6-9)18-3/h4-7H,1-3H3. The Kier molecular flexibility index (Phi) is 4.27. The molecular formula is C14H13BrO3S. The van der Waals surface area contributed by atoms with E-state index in [1.54, 1.807) is 32.4 Å². The average molecular weight is 341 g/mol. The molecular weight excluding hydrogens is 328 g/mol. The molecule has 5 heteroatoms. The fourth-order valence-electron chi connectivity index (χ4n) is 1.65. The number of hydrogen-bond donors (Lipinski definition) is 0. The summed E-state index contributed by atoms with van der Waals surface area (Å²) in [4.78, 5) is 13.1. The van der Waals surface area contributed by atoms with Gasteiger partial charge >= 0.3 is 0 Å². The van der Waals surface area contributed by atoms with E-state index in [1.165, 1.54) is 11.3 Å². The minimum atomic E-state index is -0.0315. The number of halogens is 1. The first kappa shape index (κ1) is 14.1. The zero-order chi connectivity index (χ0) is 14.0. The van der Waals surface area contributed by atoms with E-state index in [0.29, 0.717) is 21.9 Å². The highest BCUT2D eigenvalue weighted by atomic mass is 79.9. The second kappa shape index (κ2) is 5.75. The summed E-state index contributed by atoms with van der Waals surface area (Å²) < 4.78 is 11.3. The van der Waals surface area contributed by atoms with Crippen LogP contribution in [-0.4, -0.2) is 20.0 Å². The number of carbonyl (C=O) groups is 1. The molecule has 0 bridgehead atoms. The third-order valence-corrected chi connectivity index (χ3v) is 4.83. The maximum atomic E-state index is 12.4. The van der Waals surface area contributed by atoms with Crippen LogP contribution in [0.5, 0.6) is 11.5 Å². The van der Waals surface area contributed by atoms with Crippen LogP contribution in [-0.2, 0) is 0 Å². The van der Waals surface area contributed by atoms with Crippen molar-refractivity contribution in [1.82, 2.24) is 0 Å². The van der Waals surface area contributed by atoms with Crippen LogP contribution in [0, 0.1) is 6.92 Å². The molecule has 0 fully saturated rings. The van der Waals surface area contributed by atoms with Gasteiger partial charge in [0.05, 0.1) is 22.9 Å². The molecule has 0 radical (unpaired) electrons. The van der Waals surface area contributed by atoms with Crippen molar-refractivity contribution < 1.29 is 14.3 Å². The Labute approximate surface area is 124 Å². The fraction of sp³-hybridized carbons (Fsp3) is 0.214. The zero-order valence-electron chi connectivity index (χ0n) is 10.8. The third kappa shape index (κ3) is 2.98. The van der Waals surface area contributed by atoms with E-state index in [2.05, 4.69) is 15.9 Å². The van der Waals surface area contributed by atoms with Gasteiger partial charge in [0, 0.05) is 11.6 Å². The Hall–Kier alpha value is -1.33. The minimum absolute atomic E-state index is 0.0315. The Balaban J connectivity index is 2.43. The lowest BCUT2D eigenvalue weighted by Crippen LogP contribution is -2.00. The van der Waals surface area contributed by atoms with E-state index in [0.717, 1.165) is 9.35 Å². The van der Waals surface area contributed by atoms with Gasteiger partial charge in [-0.2, -0.15) is 0 Å². The smallest absolute Gasteiger partial charge is 0.203 e. The van der Waals surface area contributed by atoms with Crippen molar-refractivity contribution >= 4 is 33.0 Å². The lowest BCUT2D eigenvalue weighted by atomic mass is 10.1. The largest absolute Gasteiger partial charge is 0.497 e. The van der Waals surface area contributed by atoms with Crippen molar-refractivity contribution in [2.45, 2.75) is 6.92 Å². The molecule has 1 aromatic carbocycles. The molecule has 0 saturated carbocycles. The molecule has 2 rings (SSSR count). The van der Waals surface area contributed by atoms with Gasteiger partial charge in [-0.15, -0.1) is 11.3 Å². The van der Waals surface area contributed by atoms with Crippen molar-refractivity contribution in [1.29, 1.82) is 0 Å². The summed E-state index contributed by atoms with van der Waals surface area (Å²) in [5.74, 6) is 1.18. The van der Waals surface area contributed by atoms with Gasteiger partial charge in [-0.1, -0.05) is 0 Å². The number of methoxy groups -OCH3 is 2. The summed E-state index contributed by atoms with van der Waals surface area (Å²) in [5.41, 5.74) is 1.62.